The van der Waals surface area contributed by atoms with Crippen LogP contribution in [0.5, 0.6) is 5.75 Å². The van der Waals surface area contributed by atoms with Crippen LogP contribution in [0.1, 0.15) is 23.7 Å². The standard InChI is InChI=1S/C17H14Cl2O3/c1-11(22-17-8-7-13(18)9-14(17)19)15(20)10-16(21)12-5-3-2-4-6-12/h2-9,11H,10H2,1H3/t11-/m1/s1. The van der Waals surface area contributed by atoms with Crippen molar-refractivity contribution in [2.24, 2.45) is 0 Å². The maximum atomic E-state index is 12.1. The van der Waals surface area contributed by atoms with Crippen molar-refractivity contribution in [1.82, 2.24) is 0 Å². The van der Waals surface area contributed by atoms with Crippen molar-refractivity contribution in [3.63, 3.8) is 0 Å². The second-order valence-corrected chi connectivity index (χ2v) is 5.61. The van der Waals surface area contributed by atoms with Gasteiger partial charge in [-0.1, -0.05) is 53.5 Å². The maximum Gasteiger partial charge on any atom is 0.180 e. The number of ketones is 2. The summed E-state index contributed by atoms with van der Waals surface area (Å²) in [6.07, 6.45) is -0.984. The highest BCUT2D eigenvalue weighted by Crippen LogP contribution is 2.28. The fraction of sp³-hybridized carbons (Fsp3) is 0.176. The molecule has 0 aromatic heterocycles. The van der Waals surface area contributed by atoms with E-state index in [9.17, 15) is 9.59 Å². The molecule has 3 nitrogen and oxygen atoms in total. The summed E-state index contributed by atoms with van der Waals surface area (Å²) in [5.74, 6) is -0.179. The fourth-order valence-corrected chi connectivity index (χ4v) is 2.31. The van der Waals surface area contributed by atoms with Crippen LogP contribution in [-0.4, -0.2) is 17.7 Å². The lowest BCUT2D eigenvalue weighted by atomic mass is 10.0. The number of carbonyl (C=O) groups is 2. The summed E-state index contributed by atoms with van der Waals surface area (Å²) in [6, 6.07) is 13.4. The Morgan fingerprint density at radius 1 is 1.09 bits per heavy atom. The Labute approximate surface area is 138 Å². The molecule has 0 radical (unpaired) electrons. The number of hydrogen-bond acceptors (Lipinski definition) is 3. The second kappa shape index (κ2) is 7.43. The van der Waals surface area contributed by atoms with Crippen LogP contribution in [0.4, 0.5) is 0 Å². The third-order valence-electron chi connectivity index (χ3n) is 3.08. The normalized spacial score (nSPS) is 11.8. The van der Waals surface area contributed by atoms with Gasteiger partial charge in [0.25, 0.3) is 0 Å². The molecule has 114 valence electrons. The summed E-state index contributed by atoms with van der Waals surface area (Å²) in [4.78, 5) is 24.1. The largest absolute Gasteiger partial charge is 0.481 e. The summed E-state index contributed by atoms with van der Waals surface area (Å²) >= 11 is 11.8. The van der Waals surface area contributed by atoms with Crippen LogP contribution >= 0.6 is 23.2 Å². The highest BCUT2D eigenvalue weighted by atomic mass is 35.5. The predicted octanol–water partition coefficient (Wildman–Crippen LogP) is 4.60. The molecule has 0 aliphatic heterocycles. The first-order valence-electron chi connectivity index (χ1n) is 6.70. The number of ether oxygens (including phenoxy) is 1. The van der Waals surface area contributed by atoms with Gasteiger partial charge >= 0.3 is 0 Å². The topological polar surface area (TPSA) is 43.4 Å². The summed E-state index contributed by atoms with van der Waals surface area (Å²) in [5.41, 5.74) is 0.507. The third-order valence-corrected chi connectivity index (χ3v) is 3.61. The molecule has 0 heterocycles. The number of Topliss-reactive ketones (excluding diaryl/α,β-unsaturated/α-hetero) is 2. The molecule has 0 bridgehead atoms. The van der Waals surface area contributed by atoms with E-state index in [-0.39, 0.29) is 18.0 Å². The SMILES string of the molecule is C[C@@H](Oc1ccc(Cl)cc1Cl)C(=O)CC(=O)c1ccccc1. The van der Waals surface area contributed by atoms with E-state index in [0.717, 1.165) is 0 Å². The Balaban J connectivity index is 1.99. The number of hydrogen-bond donors (Lipinski definition) is 0. The van der Waals surface area contributed by atoms with Crippen LogP contribution in [0.15, 0.2) is 48.5 Å². The van der Waals surface area contributed by atoms with Crippen molar-refractivity contribution in [3.05, 3.63) is 64.1 Å². The van der Waals surface area contributed by atoms with Crippen molar-refractivity contribution < 1.29 is 14.3 Å². The first-order chi connectivity index (χ1) is 10.5. The Morgan fingerprint density at radius 3 is 2.41 bits per heavy atom. The number of rotatable bonds is 6. The van der Waals surface area contributed by atoms with E-state index in [4.69, 9.17) is 27.9 Å². The quantitative estimate of drug-likeness (QED) is 0.571. The molecule has 0 aliphatic rings. The molecule has 0 N–H and O–H groups in total. The number of benzene rings is 2. The molecule has 5 heteroatoms. The lowest BCUT2D eigenvalue weighted by Crippen LogP contribution is -2.26. The Morgan fingerprint density at radius 2 is 1.77 bits per heavy atom. The molecule has 0 spiro atoms. The Kier molecular flexibility index (Phi) is 5.58. The van der Waals surface area contributed by atoms with Crippen LogP contribution in [0.2, 0.25) is 10.0 Å². The summed E-state index contributed by atoms with van der Waals surface area (Å²) in [6.45, 7) is 1.59. The summed E-state index contributed by atoms with van der Waals surface area (Å²) in [5, 5.41) is 0.803. The van der Waals surface area contributed by atoms with Gasteiger partial charge in [-0.15, -0.1) is 0 Å². The average Bonchev–Trinajstić information content (AvgIpc) is 2.50. The third kappa shape index (κ3) is 4.33. The first-order valence-corrected chi connectivity index (χ1v) is 7.45. The van der Waals surface area contributed by atoms with Gasteiger partial charge in [-0.25, -0.2) is 0 Å². The van der Waals surface area contributed by atoms with E-state index in [1.54, 1.807) is 43.3 Å². The van der Waals surface area contributed by atoms with E-state index in [1.807, 2.05) is 6.07 Å². The molecular weight excluding hydrogens is 323 g/mol. The van der Waals surface area contributed by atoms with Gasteiger partial charge in [0.05, 0.1) is 11.4 Å². The molecule has 2 aromatic carbocycles. The smallest absolute Gasteiger partial charge is 0.180 e. The molecule has 0 aliphatic carbocycles. The van der Waals surface area contributed by atoms with Gasteiger partial charge in [-0.3, -0.25) is 9.59 Å². The molecule has 0 saturated carbocycles. The summed E-state index contributed by atoms with van der Waals surface area (Å²) in [7, 11) is 0. The Bertz CT molecular complexity index is 684. The maximum absolute atomic E-state index is 12.1. The zero-order chi connectivity index (χ0) is 16.1. The molecule has 0 fully saturated rings. The molecule has 22 heavy (non-hydrogen) atoms. The average molecular weight is 337 g/mol. The highest BCUT2D eigenvalue weighted by Gasteiger charge is 2.20. The summed E-state index contributed by atoms with van der Waals surface area (Å²) < 4.78 is 5.51. The molecule has 1 atom stereocenters. The lowest BCUT2D eigenvalue weighted by molar-refractivity contribution is -0.124. The van der Waals surface area contributed by atoms with Crippen LogP contribution in [0, 0.1) is 0 Å². The van der Waals surface area contributed by atoms with E-state index >= 15 is 0 Å². The molecular formula is C17H14Cl2O3. The van der Waals surface area contributed by atoms with E-state index in [2.05, 4.69) is 0 Å². The minimum atomic E-state index is -0.772. The van der Waals surface area contributed by atoms with Crippen LogP contribution in [-0.2, 0) is 4.79 Å². The van der Waals surface area contributed by atoms with Gasteiger partial charge in [-0.05, 0) is 25.1 Å². The molecule has 2 aromatic rings. The van der Waals surface area contributed by atoms with Crippen LogP contribution in [0.25, 0.3) is 0 Å². The van der Waals surface area contributed by atoms with Crippen molar-refractivity contribution in [2.45, 2.75) is 19.4 Å². The van der Waals surface area contributed by atoms with E-state index in [1.165, 1.54) is 6.07 Å². The number of carbonyl (C=O) groups excluding carboxylic acids is 2. The zero-order valence-electron chi connectivity index (χ0n) is 11.9. The minimum absolute atomic E-state index is 0.212. The van der Waals surface area contributed by atoms with Crippen molar-refractivity contribution in [3.8, 4) is 5.75 Å². The van der Waals surface area contributed by atoms with E-state index < -0.39 is 6.10 Å². The van der Waals surface area contributed by atoms with Crippen LogP contribution < -0.4 is 4.74 Å². The minimum Gasteiger partial charge on any atom is -0.481 e. The van der Waals surface area contributed by atoms with E-state index in [0.29, 0.717) is 21.4 Å². The molecule has 0 unspecified atom stereocenters. The van der Waals surface area contributed by atoms with Gasteiger partial charge in [-0.2, -0.15) is 0 Å². The monoisotopic (exact) mass is 336 g/mol. The second-order valence-electron chi connectivity index (χ2n) is 4.77. The van der Waals surface area contributed by atoms with Gasteiger partial charge < -0.3 is 4.74 Å². The first kappa shape index (κ1) is 16.5. The van der Waals surface area contributed by atoms with Gasteiger partial charge in [0.15, 0.2) is 17.7 Å². The lowest BCUT2D eigenvalue weighted by Gasteiger charge is -2.14. The van der Waals surface area contributed by atoms with Crippen LogP contribution in [0.3, 0.4) is 0 Å². The molecule has 0 saturated heterocycles. The van der Waals surface area contributed by atoms with Crippen molar-refractivity contribution in [2.75, 3.05) is 0 Å². The molecule has 2 rings (SSSR count). The predicted molar refractivity (Wildman–Crippen MR) is 86.9 cm³/mol. The highest BCUT2D eigenvalue weighted by molar-refractivity contribution is 6.35. The van der Waals surface area contributed by atoms with Gasteiger partial charge in [0.1, 0.15) is 5.75 Å². The zero-order valence-corrected chi connectivity index (χ0v) is 13.4. The van der Waals surface area contributed by atoms with Crippen molar-refractivity contribution in [1.29, 1.82) is 0 Å². The molecule has 0 amide bonds. The number of halogens is 2. The van der Waals surface area contributed by atoms with Gasteiger partial charge in [0.2, 0.25) is 0 Å². The van der Waals surface area contributed by atoms with Crippen molar-refractivity contribution >= 4 is 34.8 Å². The fourth-order valence-electron chi connectivity index (χ4n) is 1.86. The van der Waals surface area contributed by atoms with Gasteiger partial charge in [0, 0.05) is 10.6 Å². The Hall–Kier alpha value is -1.84.